The largest absolute Gasteiger partial charge is 0.465 e. The third-order valence-electron chi connectivity index (χ3n) is 5.30. The van der Waals surface area contributed by atoms with Gasteiger partial charge >= 0.3 is 11.7 Å². The van der Waals surface area contributed by atoms with Gasteiger partial charge in [-0.2, -0.15) is 0 Å². The van der Waals surface area contributed by atoms with E-state index in [0.717, 1.165) is 52.2 Å². The number of piperazine rings is 1. The normalized spacial score (nSPS) is 21.8. The summed E-state index contributed by atoms with van der Waals surface area (Å²) in [7, 11) is 1.24. The average molecular weight is 363 g/mol. The van der Waals surface area contributed by atoms with Crippen molar-refractivity contribution >= 4 is 17.5 Å². The maximum absolute atomic E-state index is 11.6. The predicted octanol–water partition coefficient (Wildman–Crippen LogP) is 0.993. The molecule has 0 bridgehead atoms. The second-order valence-electron chi connectivity index (χ2n) is 6.67. The quantitative estimate of drug-likeness (QED) is 0.434. The summed E-state index contributed by atoms with van der Waals surface area (Å²) in [6, 6.07) is 1.64. The van der Waals surface area contributed by atoms with E-state index >= 15 is 0 Å². The monoisotopic (exact) mass is 363 g/mol. The number of ether oxygens (including phenoxy) is 1. The lowest BCUT2D eigenvalue weighted by Gasteiger charge is -2.37. The van der Waals surface area contributed by atoms with Crippen molar-refractivity contribution in [3.05, 3.63) is 27.9 Å². The first kappa shape index (κ1) is 18.5. The smallest absolute Gasteiger partial charge is 0.339 e. The molecule has 9 heteroatoms. The molecule has 0 spiro atoms. The highest BCUT2D eigenvalue weighted by Gasteiger charge is 2.33. The molecule has 9 nitrogen and oxygen atoms in total. The number of esters is 1. The van der Waals surface area contributed by atoms with Crippen molar-refractivity contribution in [2.45, 2.75) is 19.4 Å². The fourth-order valence-electron chi connectivity index (χ4n) is 3.73. The molecule has 0 aliphatic carbocycles. The third-order valence-corrected chi connectivity index (χ3v) is 5.30. The van der Waals surface area contributed by atoms with Gasteiger partial charge in [0.2, 0.25) is 5.82 Å². The molecule has 2 aliphatic rings. The molecule has 0 amide bonds. The number of rotatable bonds is 5. The van der Waals surface area contributed by atoms with Crippen molar-refractivity contribution in [2.75, 3.05) is 57.8 Å². The van der Waals surface area contributed by atoms with Crippen LogP contribution in [0.15, 0.2) is 12.3 Å². The third kappa shape index (κ3) is 3.78. The van der Waals surface area contributed by atoms with Crippen molar-refractivity contribution in [2.24, 2.45) is 0 Å². The van der Waals surface area contributed by atoms with Crippen LogP contribution in [0.3, 0.4) is 0 Å². The molecule has 3 rings (SSSR count). The molecule has 3 heterocycles. The zero-order valence-electron chi connectivity index (χ0n) is 15.3. The molecule has 26 heavy (non-hydrogen) atoms. The van der Waals surface area contributed by atoms with Gasteiger partial charge in [0.05, 0.1) is 17.6 Å². The van der Waals surface area contributed by atoms with E-state index in [1.165, 1.54) is 19.4 Å². The number of nitro groups is 1. The molecule has 142 valence electrons. The van der Waals surface area contributed by atoms with Crippen molar-refractivity contribution in [1.82, 2.24) is 14.8 Å². The number of hydrogen-bond donors (Lipinski definition) is 0. The molecule has 0 saturated carbocycles. The SMILES string of the molecule is CCN1CCN(C2CCN(c3ncc(C(=O)OC)cc3[N+](=O)[O-])C2)CC1. The van der Waals surface area contributed by atoms with Gasteiger partial charge in [-0.05, 0) is 13.0 Å². The predicted molar refractivity (Wildman–Crippen MR) is 96.5 cm³/mol. The van der Waals surface area contributed by atoms with Crippen LogP contribution in [0, 0.1) is 10.1 Å². The minimum atomic E-state index is -0.625. The number of hydrogen-bond acceptors (Lipinski definition) is 8. The lowest BCUT2D eigenvalue weighted by atomic mass is 10.2. The Labute approximate surface area is 152 Å². The highest BCUT2D eigenvalue weighted by atomic mass is 16.6. The van der Waals surface area contributed by atoms with Gasteiger partial charge in [0.25, 0.3) is 0 Å². The van der Waals surface area contributed by atoms with Gasteiger partial charge in [0, 0.05) is 57.6 Å². The van der Waals surface area contributed by atoms with E-state index < -0.39 is 10.9 Å². The molecule has 1 aromatic heterocycles. The lowest BCUT2D eigenvalue weighted by Crippen LogP contribution is -2.50. The van der Waals surface area contributed by atoms with Crippen LogP contribution in [0.4, 0.5) is 11.5 Å². The van der Waals surface area contributed by atoms with Gasteiger partial charge in [-0.1, -0.05) is 6.92 Å². The van der Waals surface area contributed by atoms with Crippen molar-refractivity contribution < 1.29 is 14.5 Å². The Balaban J connectivity index is 1.72. The Hall–Kier alpha value is -2.26. The lowest BCUT2D eigenvalue weighted by molar-refractivity contribution is -0.384. The summed E-state index contributed by atoms with van der Waals surface area (Å²) in [6.45, 7) is 8.90. The van der Waals surface area contributed by atoms with E-state index in [0.29, 0.717) is 11.9 Å². The van der Waals surface area contributed by atoms with Crippen LogP contribution in [0.2, 0.25) is 0 Å². The first-order chi connectivity index (χ1) is 12.5. The Morgan fingerprint density at radius 1 is 1.35 bits per heavy atom. The number of carbonyl (C=O) groups is 1. The Kier molecular flexibility index (Phi) is 5.67. The van der Waals surface area contributed by atoms with E-state index in [1.807, 2.05) is 4.90 Å². The van der Waals surface area contributed by atoms with Crippen LogP contribution in [-0.4, -0.2) is 84.6 Å². The van der Waals surface area contributed by atoms with E-state index in [2.05, 4.69) is 26.4 Å². The van der Waals surface area contributed by atoms with Crippen LogP contribution in [0.1, 0.15) is 23.7 Å². The average Bonchev–Trinajstić information content (AvgIpc) is 3.16. The number of nitrogens with zero attached hydrogens (tertiary/aromatic N) is 5. The van der Waals surface area contributed by atoms with E-state index in [-0.39, 0.29) is 11.3 Å². The van der Waals surface area contributed by atoms with Gasteiger partial charge in [-0.3, -0.25) is 15.0 Å². The second kappa shape index (κ2) is 7.96. The first-order valence-corrected chi connectivity index (χ1v) is 8.97. The van der Waals surface area contributed by atoms with E-state index in [9.17, 15) is 14.9 Å². The highest BCUT2D eigenvalue weighted by molar-refractivity contribution is 5.90. The molecule has 0 aromatic carbocycles. The summed E-state index contributed by atoms with van der Waals surface area (Å²) >= 11 is 0. The highest BCUT2D eigenvalue weighted by Crippen LogP contribution is 2.30. The molecule has 2 saturated heterocycles. The molecular formula is C17H25N5O4. The molecule has 2 fully saturated rings. The number of methoxy groups -OCH3 is 1. The van der Waals surface area contributed by atoms with Crippen LogP contribution in [0.5, 0.6) is 0 Å². The second-order valence-corrected chi connectivity index (χ2v) is 6.67. The number of anilines is 1. The van der Waals surface area contributed by atoms with Crippen molar-refractivity contribution in [3.63, 3.8) is 0 Å². The molecule has 0 radical (unpaired) electrons. The topological polar surface area (TPSA) is 92.0 Å². The van der Waals surface area contributed by atoms with E-state index in [1.54, 1.807) is 0 Å². The number of aromatic nitrogens is 1. The van der Waals surface area contributed by atoms with Crippen LogP contribution in [-0.2, 0) is 4.74 Å². The zero-order chi connectivity index (χ0) is 18.7. The summed E-state index contributed by atoms with van der Waals surface area (Å²) in [5.41, 5.74) is -0.0567. The van der Waals surface area contributed by atoms with Gasteiger partial charge in [0.1, 0.15) is 0 Å². The summed E-state index contributed by atoms with van der Waals surface area (Å²) in [4.78, 5) is 33.7. The van der Waals surface area contributed by atoms with Crippen LogP contribution >= 0.6 is 0 Å². The summed E-state index contributed by atoms with van der Waals surface area (Å²) in [6.07, 6.45) is 2.31. The Morgan fingerprint density at radius 2 is 2.08 bits per heavy atom. The Morgan fingerprint density at radius 3 is 2.69 bits per heavy atom. The minimum Gasteiger partial charge on any atom is -0.465 e. The van der Waals surface area contributed by atoms with Gasteiger partial charge in [0.15, 0.2) is 0 Å². The molecule has 1 aromatic rings. The van der Waals surface area contributed by atoms with Crippen LogP contribution in [0.25, 0.3) is 0 Å². The molecule has 1 unspecified atom stereocenters. The fraction of sp³-hybridized carbons (Fsp3) is 0.647. The van der Waals surface area contributed by atoms with Gasteiger partial charge in [-0.25, -0.2) is 9.78 Å². The standard InChI is InChI=1S/C17H25N5O4/c1-3-19-6-8-20(9-7-19)14-4-5-21(12-14)16-15(22(24)25)10-13(11-18-16)17(23)26-2/h10-11,14H,3-9,12H2,1-2H3. The first-order valence-electron chi connectivity index (χ1n) is 8.97. The molecule has 2 aliphatic heterocycles. The van der Waals surface area contributed by atoms with Gasteiger partial charge < -0.3 is 14.5 Å². The van der Waals surface area contributed by atoms with Gasteiger partial charge in [-0.15, -0.1) is 0 Å². The van der Waals surface area contributed by atoms with Crippen molar-refractivity contribution in [3.8, 4) is 0 Å². The van der Waals surface area contributed by atoms with Crippen LogP contribution < -0.4 is 4.90 Å². The Bertz CT molecular complexity index is 675. The zero-order valence-corrected chi connectivity index (χ0v) is 15.3. The summed E-state index contributed by atoms with van der Waals surface area (Å²) in [5, 5.41) is 11.5. The number of carbonyl (C=O) groups excluding carboxylic acids is 1. The van der Waals surface area contributed by atoms with Crippen molar-refractivity contribution in [1.29, 1.82) is 0 Å². The number of likely N-dealkylation sites (N-methyl/N-ethyl adjacent to an activating group) is 1. The minimum absolute atomic E-state index is 0.0920. The maximum atomic E-state index is 11.6. The number of pyridine rings is 1. The molecular weight excluding hydrogens is 338 g/mol. The summed E-state index contributed by atoms with van der Waals surface area (Å²) < 4.78 is 4.62. The summed E-state index contributed by atoms with van der Waals surface area (Å²) in [5.74, 6) is -0.294. The molecule has 1 atom stereocenters. The fourth-order valence-corrected chi connectivity index (χ4v) is 3.73. The molecule has 0 N–H and O–H groups in total. The van der Waals surface area contributed by atoms with E-state index in [4.69, 9.17) is 0 Å². The maximum Gasteiger partial charge on any atom is 0.339 e.